The molecule has 0 radical (unpaired) electrons. The van der Waals surface area contributed by atoms with Gasteiger partial charge in [0.05, 0.1) is 10.6 Å². The van der Waals surface area contributed by atoms with Crippen molar-refractivity contribution in [2.24, 2.45) is 0 Å². The molecule has 1 fully saturated rings. The fourth-order valence-corrected chi connectivity index (χ4v) is 3.60. The highest BCUT2D eigenvalue weighted by atomic mass is 32.2. The van der Waals surface area contributed by atoms with E-state index in [2.05, 4.69) is 9.88 Å². The Bertz CT molecular complexity index is 746. The maximum absolute atomic E-state index is 12.3. The SMILES string of the molecule is Cc1cc(-c2ccc(C)c(S(=O)(=O)NC3CC3)c2)on1. The third kappa shape index (κ3) is 2.62. The summed E-state index contributed by atoms with van der Waals surface area (Å²) < 4.78 is 32.6. The van der Waals surface area contributed by atoms with E-state index in [4.69, 9.17) is 4.52 Å². The first kappa shape index (κ1) is 13.3. The normalized spacial score (nSPS) is 15.5. The number of hydrogen-bond acceptors (Lipinski definition) is 4. The van der Waals surface area contributed by atoms with E-state index in [0.29, 0.717) is 16.2 Å². The van der Waals surface area contributed by atoms with Gasteiger partial charge in [0.2, 0.25) is 10.0 Å². The van der Waals surface area contributed by atoms with Gasteiger partial charge in [0.1, 0.15) is 0 Å². The van der Waals surface area contributed by atoms with Crippen molar-refractivity contribution in [1.29, 1.82) is 0 Å². The second-order valence-electron chi connectivity index (χ2n) is 5.21. The molecule has 20 heavy (non-hydrogen) atoms. The lowest BCUT2D eigenvalue weighted by molar-refractivity contribution is 0.427. The molecule has 106 valence electrons. The van der Waals surface area contributed by atoms with Gasteiger partial charge in [-0.05, 0) is 38.3 Å². The van der Waals surface area contributed by atoms with Crippen molar-refractivity contribution >= 4 is 10.0 Å². The van der Waals surface area contributed by atoms with Gasteiger partial charge in [-0.2, -0.15) is 0 Å². The summed E-state index contributed by atoms with van der Waals surface area (Å²) in [7, 11) is -3.46. The summed E-state index contributed by atoms with van der Waals surface area (Å²) in [6.45, 7) is 3.62. The Morgan fingerprint density at radius 2 is 2.00 bits per heavy atom. The quantitative estimate of drug-likeness (QED) is 0.939. The molecule has 6 heteroatoms. The number of nitrogens with one attached hydrogen (secondary N) is 1. The van der Waals surface area contributed by atoms with Crippen LogP contribution in [0.4, 0.5) is 0 Å². The molecule has 2 aromatic rings. The van der Waals surface area contributed by atoms with Gasteiger partial charge < -0.3 is 4.52 Å². The molecule has 1 aromatic carbocycles. The Morgan fingerprint density at radius 3 is 2.60 bits per heavy atom. The lowest BCUT2D eigenvalue weighted by atomic mass is 10.1. The predicted molar refractivity (Wildman–Crippen MR) is 74.8 cm³/mol. The summed E-state index contributed by atoms with van der Waals surface area (Å²) in [6.07, 6.45) is 1.83. The minimum atomic E-state index is -3.46. The molecule has 5 nitrogen and oxygen atoms in total. The van der Waals surface area contributed by atoms with E-state index in [1.807, 2.05) is 13.0 Å². The van der Waals surface area contributed by atoms with Gasteiger partial charge in [0.25, 0.3) is 0 Å². The summed E-state index contributed by atoms with van der Waals surface area (Å²) in [5.74, 6) is 0.574. The Labute approximate surface area is 118 Å². The van der Waals surface area contributed by atoms with Crippen LogP contribution in [0.2, 0.25) is 0 Å². The van der Waals surface area contributed by atoms with Gasteiger partial charge in [-0.1, -0.05) is 17.3 Å². The minimum Gasteiger partial charge on any atom is -0.356 e. The largest absolute Gasteiger partial charge is 0.356 e. The maximum atomic E-state index is 12.3. The van der Waals surface area contributed by atoms with Crippen LogP contribution in [0.1, 0.15) is 24.1 Å². The Kier molecular flexibility index (Phi) is 3.14. The smallest absolute Gasteiger partial charge is 0.241 e. The fourth-order valence-electron chi connectivity index (χ4n) is 2.03. The van der Waals surface area contributed by atoms with Gasteiger partial charge in [-0.25, -0.2) is 13.1 Å². The van der Waals surface area contributed by atoms with Crippen molar-refractivity contribution in [2.45, 2.75) is 37.6 Å². The number of rotatable bonds is 4. The monoisotopic (exact) mass is 292 g/mol. The third-order valence-electron chi connectivity index (χ3n) is 3.29. The molecule has 0 bridgehead atoms. The van der Waals surface area contributed by atoms with Gasteiger partial charge in [-0.3, -0.25) is 0 Å². The summed E-state index contributed by atoms with van der Waals surface area (Å²) in [4.78, 5) is 0.302. The first-order chi connectivity index (χ1) is 9.45. The molecule has 3 rings (SSSR count). The van der Waals surface area contributed by atoms with E-state index in [1.54, 1.807) is 25.1 Å². The first-order valence-corrected chi connectivity index (χ1v) is 8.01. The average molecular weight is 292 g/mol. The summed E-state index contributed by atoms with van der Waals surface area (Å²) in [5, 5.41) is 3.83. The lowest BCUT2D eigenvalue weighted by Gasteiger charge is -2.09. The molecule has 1 saturated carbocycles. The standard InChI is InChI=1S/C14H16N2O3S/c1-9-3-4-11(13-7-10(2)15-19-13)8-14(9)20(17,18)16-12-5-6-12/h3-4,7-8,12,16H,5-6H2,1-2H3. The Hall–Kier alpha value is -1.66. The molecule has 0 spiro atoms. The van der Waals surface area contributed by atoms with Crippen molar-refractivity contribution in [3.8, 4) is 11.3 Å². The Balaban J connectivity index is 2.02. The van der Waals surface area contributed by atoms with Crippen molar-refractivity contribution in [2.75, 3.05) is 0 Å². The van der Waals surface area contributed by atoms with E-state index in [-0.39, 0.29) is 6.04 Å². The Morgan fingerprint density at radius 1 is 1.25 bits per heavy atom. The second-order valence-corrected chi connectivity index (χ2v) is 6.89. The molecule has 0 aliphatic heterocycles. The summed E-state index contributed by atoms with van der Waals surface area (Å²) in [5.41, 5.74) is 2.20. The van der Waals surface area contributed by atoms with E-state index < -0.39 is 10.0 Å². The van der Waals surface area contributed by atoms with E-state index in [1.165, 1.54) is 0 Å². The molecule has 0 saturated heterocycles. The minimum absolute atomic E-state index is 0.0931. The van der Waals surface area contributed by atoms with Crippen LogP contribution in [-0.4, -0.2) is 19.6 Å². The van der Waals surface area contributed by atoms with Crippen molar-refractivity contribution < 1.29 is 12.9 Å². The highest BCUT2D eigenvalue weighted by Gasteiger charge is 2.29. The zero-order valence-corrected chi connectivity index (χ0v) is 12.2. The van der Waals surface area contributed by atoms with Gasteiger partial charge in [0, 0.05) is 17.7 Å². The van der Waals surface area contributed by atoms with E-state index >= 15 is 0 Å². The fraction of sp³-hybridized carbons (Fsp3) is 0.357. The topological polar surface area (TPSA) is 72.2 Å². The highest BCUT2D eigenvalue weighted by molar-refractivity contribution is 7.89. The predicted octanol–water partition coefficient (Wildman–Crippen LogP) is 2.40. The lowest BCUT2D eigenvalue weighted by Crippen LogP contribution is -2.26. The van der Waals surface area contributed by atoms with Crippen LogP contribution < -0.4 is 4.72 Å². The molecule has 1 heterocycles. The molecule has 0 unspecified atom stereocenters. The summed E-state index contributed by atoms with van der Waals surface area (Å²) in [6, 6.07) is 7.14. The van der Waals surface area contributed by atoms with E-state index in [0.717, 1.165) is 24.1 Å². The van der Waals surface area contributed by atoms with E-state index in [9.17, 15) is 8.42 Å². The second kappa shape index (κ2) is 4.71. The highest BCUT2D eigenvalue weighted by Crippen LogP contribution is 2.27. The van der Waals surface area contributed by atoms with Crippen LogP contribution >= 0.6 is 0 Å². The molecule has 1 aromatic heterocycles. The maximum Gasteiger partial charge on any atom is 0.241 e. The van der Waals surface area contributed by atoms with Crippen LogP contribution in [0.5, 0.6) is 0 Å². The number of nitrogens with zero attached hydrogens (tertiary/aromatic N) is 1. The number of benzene rings is 1. The van der Waals surface area contributed by atoms with Crippen LogP contribution in [-0.2, 0) is 10.0 Å². The van der Waals surface area contributed by atoms with Crippen LogP contribution in [0, 0.1) is 13.8 Å². The molecule has 0 amide bonds. The summed E-state index contributed by atoms with van der Waals surface area (Å²) >= 11 is 0. The third-order valence-corrected chi connectivity index (χ3v) is 4.95. The molecule has 1 N–H and O–H groups in total. The number of aryl methyl sites for hydroxylation is 2. The first-order valence-electron chi connectivity index (χ1n) is 6.52. The molecular formula is C14H16N2O3S. The van der Waals surface area contributed by atoms with Crippen LogP contribution in [0.3, 0.4) is 0 Å². The van der Waals surface area contributed by atoms with Crippen LogP contribution in [0.25, 0.3) is 11.3 Å². The van der Waals surface area contributed by atoms with Crippen molar-refractivity contribution in [3.63, 3.8) is 0 Å². The van der Waals surface area contributed by atoms with Gasteiger partial charge >= 0.3 is 0 Å². The molecule has 1 aliphatic rings. The zero-order chi connectivity index (χ0) is 14.3. The zero-order valence-electron chi connectivity index (χ0n) is 11.4. The van der Waals surface area contributed by atoms with Crippen molar-refractivity contribution in [1.82, 2.24) is 9.88 Å². The van der Waals surface area contributed by atoms with Gasteiger partial charge in [0.15, 0.2) is 5.76 Å². The number of hydrogen-bond donors (Lipinski definition) is 1. The van der Waals surface area contributed by atoms with Crippen LogP contribution in [0.15, 0.2) is 33.7 Å². The number of sulfonamides is 1. The molecule has 1 aliphatic carbocycles. The van der Waals surface area contributed by atoms with Gasteiger partial charge in [-0.15, -0.1) is 0 Å². The average Bonchev–Trinajstić information content (AvgIpc) is 3.08. The number of aromatic nitrogens is 1. The molecular weight excluding hydrogens is 276 g/mol. The molecule has 0 atom stereocenters. The van der Waals surface area contributed by atoms with Crippen molar-refractivity contribution in [3.05, 3.63) is 35.5 Å².